The third kappa shape index (κ3) is 3.61. The fourth-order valence-electron chi connectivity index (χ4n) is 0.923. The molecule has 0 rings (SSSR count). The zero-order valence-corrected chi connectivity index (χ0v) is 8.92. The summed E-state index contributed by atoms with van der Waals surface area (Å²) in [5.74, 6) is 5.15. The molecule has 0 aromatic rings. The van der Waals surface area contributed by atoms with Crippen LogP contribution < -0.4 is 11.3 Å². The van der Waals surface area contributed by atoms with E-state index in [-0.39, 0.29) is 0 Å². The van der Waals surface area contributed by atoms with Gasteiger partial charge in [-0.05, 0) is 6.92 Å². The van der Waals surface area contributed by atoms with Crippen molar-refractivity contribution in [1.82, 2.24) is 5.43 Å². The van der Waals surface area contributed by atoms with E-state index < -0.39 is 8.80 Å². The molecule has 0 radical (unpaired) electrons. The van der Waals surface area contributed by atoms with Crippen molar-refractivity contribution in [2.24, 2.45) is 5.84 Å². The first-order chi connectivity index (χ1) is 5.74. The molecule has 0 fully saturated rings. The van der Waals surface area contributed by atoms with Crippen LogP contribution in [0.5, 0.6) is 0 Å². The third-order valence-corrected chi connectivity index (χ3v) is 4.40. The van der Waals surface area contributed by atoms with E-state index in [4.69, 9.17) is 19.1 Å². The maximum Gasteiger partial charge on any atom is 0.501 e. The van der Waals surface area contributed by atoms with Gasteiger partial charge in [0.25, 0.3) is 0 Å². The molecule has 0 bridgehead atoms. The second kappa shape index (κ2) is 6.52. The molecule has 0 saturated heterocycles. The molecule has 0 heterocycles. The van der Waals surface area contributed by atoms with Crippen molar-refractivity contribution in [1.29, 1.82) is 0 Å². The minimum Gasteiger partial charge on any atom is -0.377 e. The number of nitrogens with one attached hydrogen (secondary N) is 1. The molecule has 0 saturated carbocycles. The number of nitrogens with two attached hydrogens (primary N) is 1. The van der Waals surface area contributed by atoms with Gasteiger partial charge < -0.3 is 13.3 Å². The minimum atomic E-state index is -2.41. The minimum absolute atomic E-state index is 0.596. The lowest BCUT2D eigenvalue weighted by Gasteiger charge is -2.25. The van der Waals surface area contributed by atoms with Gasteiger partial charge in [-0.1, -0.05) is 0 Å². The zero-order valence-electron chi connectivity index (χ0n) is 7.92. The van der Waals surface area contributed by atoms with E-state index in [9.17, 15) is 0 Å². The van der Waals surface area contributed by atoms with E-state index in [2.05, 4.69) is 5.43 Å². The summed E-state index contributed by atoms with van der Waals surface area (Å²) in [4.78, 5) is 0. The average Bonchev–Trinajstić information content (AvgIpc) is 2.13. The molecule has 74 valence electrons. The molecule has 12 heavy (non-hydrogen) atoms. The molecule has 0 aromatic carbocycles. The first-order valence-electron chi connectivity index (χ1n) is 3.92. The standard InChI is InChI=1S/C6H18N2O3Si/c1-4-11-12(9-2,10-3)6-5-8-7/h8H,4-7H2,1-3H3. The molecule has 0 aliphatic carbocycles. The molecule has 6 heteroatoms. The van der Waals surface area contributed by atoms with Crippen LogP contribution in [0.4, 0.5) is 0 Å². The number of hydrogen-bond donors (Lipinski definition) is 2. The third-order valence-electron chi connectivity index (χ3n) is 1.56. The van der Waals surface area contributed by atoms with Crippen LogP contribution in [0.3, 0.4) is 0 Å². The summed E-state index contributed by atoms with van der Waals surface area (Å²) in [5, 5.41) is 0. The lowest BCUT2D eigenvalue weighted by Crippen LogP contribution is -2.46. The van der Waals surface area contributed by atoms with Gasteiger partial charge in [0.2, 0.25) is 0 Å². The number of hydrazine groups is 1. The zero-order chi connectivity index (χ0) is 9.45. The Kier molecular flexibility index (Phi) is 6.53. The molecule has 0 aliphatic heterocycles. The fraction of sp³-hybridized carbons (Fsp3) is 1.00. The highest BCUT2D eigenvalue weighted by Crippen LogP contribution is 2.11. The summed E-state index contributed by atoms with van der Waals surface area (Å²) < 4.78 is 15.9. The molecule has 0 aliphatic rings. The van der Waals surface area contributed by atoms with Crippen LogP contribution in [0.25, 0.3) is 0 Å². The number of rotatable bonds is 7. The van der Waals surface area contributed by atoms with Gasteiger partial charge in [-0.25, -0.2) is 0 Å². The molecule has 0 aromatic heterocycles. The largest absolute Gasteiger partial charge is 0.501 e. The van der Waals surface area contributed by atoms with Crippen LogP contribution in [-0.2, 0) is 13.3 Å². The van der Waals surface area contributed by atoms with E-state index in [1.54, 1.807) is 14.2 Å². The Morgan fingerprint density at radius 3 is 2.25 bits per heavy atom. The molecular formula is C6H18N2O3Si. The summed E-state index contributed by atoms with van der Waals surface area (Å²) in [6.07, 6.45) is 0. The first kappa shape index (κ1) is 12.0. The van der Waals surface area contributed by atoms with Crippen molar-refractivity contribution in [3.8, 4) is 0 Å². The summed E-state index contributed by atoms with van der Waals surface area (Å²) in [5.41, 5.74) is 2.54. The molecule has 0 spiro atoms. The molecular weight excluding hydrogens is 176 g/mol. The summed E-state index contributed by atoms with van der Waals surface area (Å²) in [6.45, 7) is 3.14. The van der Waals surface area contributed by atoms with Crippen LogP contribution in [0.1, 0.15) is 6.92 Å². The Labute approximate surface area is 74.5 Å². The van der Waals surface area contributed by atoms with Gasteiger partial charge in [-0.15, -0.1) is 0 Å². The van der Waals surface area contributed by atoms with E-state index >= 15 is 0 Å². The second-order valence-electron chi connectivity index (χ2n) is 2.23. The maximum atomic E-state index is 5.43. The smallest absolute Gasteiger partial charge is 0.377 e. The average molecular weight is 194 g/mol. The normalized spacial score (nSPS) is 12.0. The Hall–Kier alpha value is 0.0169. The van der Waals surface area contributed by atoms with Crippen LogP contribution >= 0.6 is 0 Å². The predicted octanol–water partition coefficient (Wildman–Crippen LogP) is -0.282. The predicted molar refractivity (Wildman–Crippen MR) is 48.4 cm³/mol. The van der Waals surface area contributed by atoms with Crippen LogP contribution in [0, 0.1) is 0 Å². The summed E-state index contributed by atoms with van der Waals surface area (Å²) in [7, 11) is 0.791. The highest BCUT2D eigenvalue weighted by atomic mass is 28.4. The topological polar surface area (TPSA) is 65.7 Å². The van der Waals surface area contributed by atoms with Crippen molar-refractivity contribution < 1.29 is 13.3 Å². The van der Waals surface area contributed by atoms with Gasteiger partial charge in [-0.2, -0.15) is 0 Å². The van der Waals surface area contributed by atoms with E-state index in [0.717, 1.165) is 0 Å². The van der Waals surface area contributed by atoms with Crippen LogP contribution in [-0.4, -0.2) is 36.2 Å². The highest BCUT2D eigenvalue weighted by Gasteiger charge is 2.37. The van der Waals surface area contributed by atoms with Gasteiger partial charge in [0.1, 0.15) is 0 Å². The Balaban J connectivity index is 3.95. The highest BCUT2D eigenvalue weighted by molar-refractivity contribution is 6.60. The number of hydrogen-bond acceptors (Lipinski definition) is 5. The van der Waals surface area contributed by atoms with E-state index in [1.165, 1.54) is 0 Å². The molecule has 5 nitrogen and oxygen atoms in total. The van der Waals surface area contributed by atoms with Gasteiger partial charge in [0.15, 0.2) is 0 Å². The molecule has 0 atom stereocenters. The molecule has 0 unspecified atom stereocenters. The molecule has 3 N–H and O–H groups in total. The van der Waals surface area contributed by atoms with Crippen molar-refractivity contribution >= 4 is 8.80 Å². The molecule has 0 amide bonds. The van der Waals surface area contributed by atoms with Gasteiger partial charge in [0.05, 0.1) is 0 Å². The Morgan fingerprint density at radius 2 is 1.92 bits per heavy atom. The summed E-state index contributed by atoms with van der Waals surface area (Å²) >= 11 is 0. The van der Waals surface area contributed by atoms with Crippen molar-refractivity contribution in [2.75, 3.05) is 27.4 Å². The van der Waals surface area contributed by atoms with Crippen molar-refractivity contribution in [3.05, 3.63) is 0 Å². The monoisotopic (exact) mass is 194 g/mol. The summed E-state index contributed by atoms with van der Waals surface area (Å²) in [6, 6.07) is 0.685. The van der Waals surface area contributed by atoms with Crippen molar-refractivity contribution in [3.63, 3.8) is 0 Å². The lowest BCUT2D eigenvalue weighted by atomic mass is 10.8. The SMILES string of the molecule is CCO[Si](CCNN)(OC)OC. The van der Waals surface area contributed by atoms with Crippen LogP contribution in [0.2, 0.25) is 6.04 Å². The van der Waals surface area contributed by atoms with E-state index in [1.807, 2.05) is 6.92 Å². The maximum absolute atomic E-state index is 5.43. The Bertz CT molecular complexity index is 111. The fourth-order valence-corrected chi connectivity index (χ4v) is 2.77. The lowest BCUT2D eigenvalue weighted by molar-refractivity contribution is 0.104. The van der Waals surface area contributed by atoms with Gasteiger partial charge >= 0.3 is 8.80 Å². The van der Waals surface area contributed by atoms with Crippen LogP contribution in [0.15, 0.2) is 0 Å². The van der Waals surface area contributed by atoms with Crippen molar-refractivity contribution in [2.45, 2.75) is 13.0 Å². The Morgan fingerprint density at radius 1 is 1.33 bits per heavy atom. The second-order valence-corrected chi connectivity index (χ2v) is 5.20. The van der Waals surface area contributed by atoms with E-state index in [0.29, 0.717) is 19.2 Å². The van der Waals surface area contributed by atoms with Gasteiger partial charge in [0, 0.05) is 33.4 Å². The van der Waals surface area contributed by atoms with Gasteiger partial charge in [-0.3, -0.25) is 11.3 Å². The first-order valence-corrected chi connectivity index (χ1v) is 5.85. The quantitative estimate of drug-likeness (QED) is 0.331.